The molecule has 176 valence electrons. The molecule has 1 saturated carbocycles. The fraction of sp³-hybridized carbons (Fsp3) is 0.333. The van der Waals surface area contributed by atoms with E-state index in [1.54, 1.807) is 30.5 Å². The lowest BCUT2D eigenvalue weighted by molar-refractivity contribution is 0.104. The van der Waals surface area contributed by atoms with E-state index in [0.717, 1.165) is 45.6 Å². The number of benzene rings is 2. The number of aromatic nitrogens is 1. The van der Waals surface area contributed by atoms with Crippen LogP contribution < -0.4 is 10.3 Å². The third-order valence-corrected chi connectivity index (χ3v) is 6.76. The summed E-state index contributed by atoms with van der Waals surface area (Å²) in [5.74, 6) is -1.26. The quantitative estimate of drug-likeness (QED) is 0.394. The predicted octanol–water partition coefficient (Wildman–Crippen LogP) is 4.65. The Balaban J connectivity index is 1.52. The molecule has 1 aromatic heterocycles. The van der Waals surface area contributed by atoms with Gasteiger partial charge in [0.2, 0.25) is 5.43 Å². The lowest BCUT2D eigenvalue weighted by Crippen LogP contribution is -2.46. The molecule has 1 aliphatic carbocycles. The first-order chi connectivity index (χ1) is 16.4. The van der Waals surface area contributed by atoms with E-state index in [4.69, 9.17) is 0 Å². The summed E-state index contributed by atoms with van der Waals surface area (Å²) < 4.78 is 30.3. The van der Waals surface area contributed by atoms with Crippen LogP contribution in [0.3, 0.4) is 0 Å². The topological polar surface area (TPSA) is 45.6 Å². The summed E-state index contributed by atoms with van der Waals surface area (Å²) in [7, 11) is 0. The van der Waals surface area contributed by atoms with E-state index in [1.807, 2.05) is 9.47 Å². The van der Waals surface area contributed by atoms with Crippen molar-refractivity contribution in [3.8, 4) is 0 Å². The number of pyridine rings is 1. The van der Waals surface area contributed by atoms with Gasteiger partial charge in [-0.25, -0.2) is 8.78 Å². The Morgan fingerprint density at radius 3 is 2.41 bits per heavy atom. The Kier molecular flexibility index (Phi) is 6.04. The lowest BCUT2D eigenvalue weighted by atomic mass is 10.1. The summed E-state index contributed by atoms with van der Waals surface area (Å²) in [6.07, 6.45) is 6.39. The van der Waals surface area contributed by atoms with Crippen molar-refractivity contribution >= 4 is 28.4 Å². The molecule has 0 radical (unpaired) electrons. The molecule has 0 spiro atoms. The number of hydrogen-bond acceptors (Lipinski definition) is 4. The first kappa shape index (κ1) is 22.5. The number of hydrogen-bond donors (Lipinski definition) is 0. The van der Waals surface area contributed by atoms with Crippen LogP contribution in [-0.2, 0) is 0 Å². The van der Waals surface area contributed by atoms with Crippen molar-refractivity contribution < 1.29 is 13.6 Å². The summed E-state index contributed by atoms with van der Waals surface area (Å²) >= 11 is 0. The molecular formula is C27H27F2N3O2. The summed E-state index contributed by atoms with van der Waals surface area (Å²) in [5, 5.41) is 0.223. The Morgan fingerprint density at radius 2 is 1.76 bits per heavy atom. The van der Waals surface area contributed by atoms with Crippen molar-refractivity contribution in [1.82, 2.24) is 9.47 Å². The van der Waals surface area contributed by atoms with Gasteiger partial charge >= 0.3 is 0 Å². The molecule has 3 aromatic rings. The largest absolute Gasteiger partial charge is 0.367 e. The summed E-state index contributed by atoms with van der Waals surface area (Å²) in [5.41, 5.74) is 1.37. The second-order valence-corrected chi connectivity index (χ2v) is 9.00. The van der Waals surface area contributed by atoms with Gasteiger partial charge in [0.15, 0.2) is 5.78 Å². The second kappa shape index (κ2) is 9.14. The van der Waals surface area contributed by atoms with Crippen LogP contribution in [0.2, 0.25) is 0 Å². The average molecular weight is 464 g/mol. The number of halogens is 2. The van der Waals surface area contributed by atoms with Crippen molar-refractivity contribution in [1.29, 1.82) is 0 Å². The summed E-state index contributed by atoms with van der Waals surface area (Å²) in [6.45, 7) is 6.30. The smallest absolute Gasteiger partial charge is 0.200 e. The minimum absolute atomic E-state index is 0.0153. The van der Waals surface area contributed by atoms with Gasteiger partial charge in [-0.15, -0.1) is 0 Å². The van der Waals surface area contributed by atoms with Gasteiger partial charge in [0, 0.05) is 43.8 Å². The van der Waals surface area contributed by atoms with Crippen LogP contribution in [-0.4, -0.2) is 48.0 Å². The predicted molar refractivity (Wildman–Crippen MR) is 131 cm³/mol. The number of carbonyl (C=O) groups excluding carboxylic acids is 1. The molecule has 2 aromatic carbocycles. The van der Waals surface area contributed by atoms with E-state index in [2.05, 4.69) is 11.8 Å². The van der Waals surface area contributed by atoms with E-state index in [-0.39, 0.29) is 22.8 Å². The minimum Gasteiger partial charge on any atom is -0.367 e. The van der Waals surface area contributed by atoms with Crippen molar-refractivity contribution in [2.75, 3.05) is 37.6 Å². The van der Waals surface area contributed by atoms with Gasteiger partial charge in [0.25, 0.3) is 0 Å². The van der Waals surface area contributed by atoms with Crippen LogP contribution in [0.5, 0.6) is 0 Å². The normalized spacial score (nSPS) is 17.1. The molecule has 34 heavy (non-hydrogen) atoms. The van der Waals surface area contributed by atoms with Gasteiger partial charge < -0.3 is 14.4 Å². The van der Waals surface area contributed by atoms with E-state index in [0.29, 0.717) is 16.8 Å². The molecule has 5 nitrogen and oxygen atoms in total. The molecule has 1 aliphatic heterocycles. The Hall–Kier alpha value is -3.32. The van der Waals surface area contributed by atoms with Crippen molar-refractivity contribution in [2.45, 2.75) is 25.8 Å². The highest BCUT2D eigenvalue weighted by atomic mass is 19.1. The zero-order valence-corrected chi connectivity index (χ0v) is 19.1. The van der Waals surface area contributed by atoms with Crippen molar-refractivity contribution in [3.05, 3.63) is 81.7 Å². The molecule has 2 heterocycles. The molecule has 0 amide bonds. The Morgan fingerprint density at radius 1 is 1.06 bits per heavy atom. The molecule has 0 unspecified atom stereocenters. The Bertz CT molecular complexity index is 1320. The third-order valence-electron chi connectivity index (χ3n) is 6.76. The zero-order valence-electron chi connectivity index (χ0n) is 19.1. The second-order valence-electron chi connectivity index (χ2n) is 9.00. The standard InChI is InChI=1S/C27H27F2N3O2/c1-2-30-11-13-31(14-12-30)25-16-24-21(15-23(25)29)27(34)22(17-32(24)20-8-9-20)26(33)10-5-18-3-6-19(28)7-4-18/h3-7,10,15-17,20H,2,8-9,11-14H2,1H3/b10-5+. The fourth-order valence-corrected chi connectivity index (χ4v) is 4.57. The van der Waals surface area contributed by atoms with Gasteiger partial charge in [-0.3, -0.25) is 9.59 Å². The summed E-state index contributed by atoms with van der Waals surface area (Å²) in [4.78, 5) is 30.5. The maximum Gasteiger partial charge on any atom is 0.200 e. The zero-order chi connectivity index (χ0) is 23.8. The first-order valence-corrected chi connectivity index (χ1v) is 11.8. The molecule has 0 atom stereocenters. The number of rotatable bonds is 6. The number of nitrogens with zero attached hydrogens (tertiary/aromatic N) is 3. The number of fused-ring (bicyclic) bond motifs is 1. The van der Waals surface area contributed by atoms with Crippen LogP contribution >= 0.6 is 0 Å². The van der Waals surface area contributed by atoms with Gasteiger partial charge in [-0.1, -0.05) is 25.1 Å². The van der Waals surface area contributed by atoms with E-state index < -0.39 is 17.0 Å². The Labute approximate surface area is 196 Å². The van der Waals surface area contributed by atoms with E-state index >= 15 is 4.39 Å². The van der Waals surface area contributed by atoms with Crippen LogP contribution in [0, 0.1) is 11.6 Å². The highest BCUT2D eigenvalue weighted by Crippen LogP contribution is 2.38. The van der Waals surface area contributed by atoms with Crippen molar-refractivity contribution in [2.24, 2.45) is 0 Å². The molecule has 2 fully saturated rings. The molecule has 2 aliphatic rings. The fourth-order valence-electron chi connectivity index (χ4n) is 4.57. The number of allylic oxidation sites excluding steroid dienone is 1. The lowest BCUT2D eigenvalue weighted by Gasteiger charge is -2.35. The molecule has 0 bridgehead atoms. The molecule has 5 rings (SSSR count). The number of ketones is 1. The SMILES string of the molecule is CCN1CCN(c2cc3c(cc2F)c(=O)c(C(=O)/C=C/c2ccc(F)cc2)cn3C2CC2)CC1. The van der Waals surface area contributed by atoms with Crippen LogP contribution in [0.4, 0.5) is 14.5 Å². The van der Waals surface area contributed by atoms with Gasteiger partial charge in [-0.05, 0) is 55.3 Å². The van der Waals surface area contributed by atoms with Crippen LogP contribution in [0.15, 0.2) is 53.5 Å². The highest BCUT2D eigenvalue weighted by molar-refractivity contribution is 6.08. The number of anilines is 1. The molecule has 7 heteroatoms. The molecule has 0 N–H and O–H groups in total. The molecule has 1 saturated heterocycles. The number of piperazine rings is 1. The first-order valence-electron chi connectivity index (χ1n) is 11.8. The van der Waals surface area contributed by atoms with Gasteiger partial charge in [-0.2, -0.15) is 0 Å². The third kappa shape index (κ3) is 4.40. The maximum atomic E-state index is 15.2. The maximum absolute atomic E-state index is 15.2. The summed E-state index contributed by atoms with van der Waals surface area (Å²) in [6, 6.07) is 8.99. The number of likely N-dealkylation sites (N-methyl/N-ethyl adjacent to an activating group) is 1. The molecular weight excluding hydrogens is 436 g/mol. The van der Waals surface area contributed by atoms with Gasteiger partial charge in [0.1, 0.15) is 11.6 Å². The average Bonchev–Trinajstić information content (AvgIpc) is 3.69. The number of carbonyl (C=O) groups is 1. The minimum atomic E-state index is -0.470. The van der Waals surface area contributed by atoms with Gasteiger partial charge in [0.05, 0.1) is 16.8 Å². The van der Waals surface area contributed by atoms with Crippen LogP contribution in [0.1, 0.15) is 41.7 Å². The highest BCUT2D eigenvalue weighted by Gasteiger charge is 2.28. The van der Waals surface area contributed by atoms with E-state index in [9.17, 15) is 14.0 Å². The van der Waals surface area contributed by atoms with Crippen molar-refractivity contribution in [3.63, 3.8) is 0 Å². The monoisotopic (exact) mass is 463 g/mol. The van der Waals surface area contributed by atoms with Crippen LogP contribution in [0.25, 0.3) is 17.0 Å². The van der Waals surface area contributed by atoms with E-state index in [1.165, 1.54) is 24.3 Å².